The fourth-order valence-corrected chi connectivity index (χ4v) is 3.01. The highest BCUT2D eigenvalue weighted by Crippen LogP contribution is 2.28. The maximum Gasteiger partial charge on any atom is 0.283 e. The van der Waals surface area contributed by atoms with Crippen molar-refractivity contribution in [1.29, 1.82) is 0 Å². The van der Waals surface area contributed by atoms with Crippen LogP contribution in [-0.2, 0) is 11.3 Å². The minimum Gasteiger partial charge on any atom is -0.348 e. The van der Waals surface area contributed by atoms with E-state index in [1.54, 1.807) is 6.92 Å². The molecule has 0 saturated carbocycles. The van der Waals surface area contributed by atoms with Crippen LogP contribution < -0.4 is 5.32 Å². The quantitative estimate of drug-likeness (QED) is 0.673. The number of halogens is 3. The molecule has 27 heavy (non-hydrogen) atoms. The molecule has 0 aliphatic heterocycles. The first kappa shape index (κ1) is 19.1. The lowest BCUT2D eigenvalue weighted by Crippen LogP contribution is -2.30. The lowest BCUT2D eigenvalue weighted by Gasteiger charge is -2.15. The van der Waals surface area contributed by atoms with E-state index in [2.05, 4.69) is 10.4 Å². The van der Waals surface area contributed by atoms with Gasteiger partial charge in [0, 0.05) is 18.1 Å². The topological polar surface area (TPSA) is 51.9 Å². The van der Waals surface area contributed by atoms with Crippen LogP contribution in [0.2, 0.25) is 5.02 Å². The molecule has 1 aromatic carbocycles. The molecule has 0 bridgehead atoms. The highest BCUT2D eigenvalue weighted by molar-refractivity contribution is 6.31. The largest absolute Gasteiger partial charge is 0.348 e. The van der Waals surface area contributed by atoms with Gasteiger partial charge >= 0.3 is 0 Å². The summed E-state index contributed by atoms with van der Waals surface area (Å²) in [5, 5.41) is 6.48. The Hall–Kier alpha value is -2.67. The Morgan fingerprint density at radius 1 is 1.22 bits per heavy atom. The summed E-state index contributed by atoms with van der Waals surface area (Å²) in [5.74, 6) is -0.333. The van der Waals surface area contributed by atoms with Crippen molar-refractivity contribution in [2.24, 2.45) is 0 Å². The molecule has 0 aliphatic carbocycles. The van der Waals surface area contributed by atoms with Crippen molar-refractivity contribution in [3.63, 3.8) is 0 Å². The van der Waals surface area contributed by atoms with Gasteiger partial charge in [0.15, 0.2) is 0 Å². The van der Waals surface area contributed by atoms with E-state index < -0.39 is 12.1 Å². The molecule has 0 spiro atoms. The number of nitrogens with one attached hydrogen (secondary N) is 1. The van der Waals surface area contributed by atoms with Crippen molar-refractivity contribution in [3.8, 4) is 5.69 Å². The van der Waals surface area contributed by atoms with Crippen molar-refractivity contribution < 1.29 is 13.6 Å². The van der Waals surface area contributed by atoms with E-state index in [1.807, 2.05) is 60.3 Å². The van der Waals surface area contributed by atoms with Gasteiger partial charge in [0.25, 0.3) is 6.43 Å². The summed E-state index contributed by atoms with van der Waals surface area (Å²) < 4.78 is 28.9. The third-order valence-corrected chi connectivity index (χ3v) is 4.80. The second-order valence-electron chi connectivity index (χ2n) is 6.21. The molecular formula is C19H19ClF2N4O. The number of rotatable bonds is 6. The van der Waals surface area contributed by atoms with E-state index in [-0.39, 0.29) is 23.5 Å². The number of amides is 1. The Balaban J connectivity index is 1.65. The molecule has 0 fully saturated rings. The predicted molar refractivity (Wildman–Crippen MR) is 99.3 cm³/mol. The number of alkyl halides is 2. The van der Waals surface area contributed by atoms with Crippen LogP contribution in [0, 0.1) is 6.92 Å². The van der Waals surface area contributed by atoms with Crippen LogP contribution in [0.3, 0.4) is 0 Å². The summed E-state index contributed by atoms with van der Waals surface area (Å²) in [4.78, 5) is 12.3. The molecule has 3 aromatic rings. The average molecular weight is 393 g/mol. The molecular weight excluding hydrogens is 374 g/mol. The maximum atomic E-state index is 12.9. The predicted octanol–water partition coefficient (Wildman–Crippen LogP) is 4.45. The summed E-state index contributed by atoms with van der Waals surface area (Å²) in [7, 11) is 0. The van der Waals surface area contributed by atoms with E-state index in [4.69, 9.17) is 11.6 Å². The molecule has 8 heteroatoms. The number of carbonyl (C=O) groups excluding carboxylic acids is 1. The molecule has 1 unspecified atom stereocenters. The molecule has 1 amide bonds. The molecule has 1 atom stereocenters. The number of hydrogen-bond acceptors (Lipinski definition) is 2. The lowest BCUT2D eigenvalue weighted by atomic mass is 10.1. The molecule has 3 rings (SSSR count). The summed E-state index contributed by atoms with van der Waals surface area (Å²) in [6.07, 6.45) is 1.12. The van der Waals surface area contributed by atoms with Gasteiger partial charge in [-0.3, -0.25) is 9.48 Å². The first-order chi connectivity index (χ1) is 12.9. The average Bonchev–Trinajstić information content (AvgIpc) is 3.26. The normalized spacial score (nSPS) is 12.4. The second kappa shape index (κ2) is 7.92. The van der Waals surface area contributed by atoms with Gasteiger partial charge in [-0.25, -0.2) is 8.78 Å². The third kappa shape index (κ3) is 4.19. The molecule has 2 aromatic heterocycles. The van der Waals surface area contributed by atoms with Gasteiger partial charge in [-0.05, 0) is 43.7 Å². The number of aromatic nitrogens is 3. The Morgan fingerprint density at radius 2 is 1.85 bits per heavy atom. The fraction of sp³-hybridized carbons (Fsp3) is 0.263. The number of nitrogens with zero attached hydrogens (tertiary/aromatic N) is 3. The Morgan fingerprint density at radius 3 is 2.41 bits per heavy atom. The van der Waals surface area contributed by atoms with Crippen molar-refractivity contribution in [2.45, 2.75) is 32.9 Å². The van der Waals surface area contributed by atoms with Crippen molar-refractivity contribution >= 4 is 17.5 Å². The third-order valence-electron chi connectivity index (χ3n) is 4.33. The molecule has 1 N–H and O–H groups in total. The summed E-state index contributed by atoms with van der Waals surface area (Å²) >= 11 is 5.85. The smallest absolute Gasteiger partial charge is 0.283 e. The fourth-order valence-electron chi connectivity index (χ4n) is 2.79. The van der Waals surface area contributed by atoms with E-state index in [9.17, 15) is 13.6 Å². The first-order valence-corrected chi connectivity index (χ1v) is 8.78. The van der Waals surface area contributed by atoms with Crippen LogP contribution in [0.25, 0.3) is 5.69 Å². The zero-order valence-electron chi connectivity index (χ0n) is 14.9. The molecule has 0 radical (unpaired) electrons. The molecule has 142 valence electrons. The van der Waals surface area contributed by atoms with Crippen molar-refractivity contribution in [2.75, 3.05) is 0 Å². The van der Waals surface area contributed by atoms with Gasteiger partial charge in [-0.1, -0.05) is 23.7 Å². The van der Waals surface area contributed by atoms with Crippen LogP contribution in [0.4, 0.5) is 8.78 Å². The van der Waals surface area contributed by atoms with Gasteiger partial charge in [-0.2, -0.15) is 5.10 Å². The van der Waals surface area contributed by atoms with Crippen LogP contribution in [0.5, 0.6) is 0 Å². The van der Waals surface area contributed by atoms with E-state index in [0.29, 0.717) is 5.69 Å². The van der Waals surface area contributed by atoms with E-state index >= 15 is 0 Å². The minimum absolute atomic E-state index is 0.105. The summed E-state index contributed by atoms with van der Waals surface area (Å²) in [6, 6.07) is 11.4. The highest BCUT2D eigenvalue weighted by Gasteiger charge is 2.22. The zero-order chi connectivity index (χ0) is 19.6. The van der Waals surface area contributed by atoms with Crippen molar-refractivity contribution in [3.05, 3.63) is 70.8 Å². The number of benzene rings is 1. The van der Waals surface area contributed by atoms with Crippen LogP contribution >= 0.6 is 11.6 Å². The van der Waals surface area contributed by atoms with Gasteiger partial charge in [0.05, 0.1) is 16.8 Å². The van der Waals surface area contributed by atoms with Gasteiger partial charge in [0.1, 0.15) is 12.2 Å². The molecule has 0 aliphatic rings. The van der Waals surface area contributed by atoms with E-state index in [0.717, 1.165) is 11.3 Å². The van der Waals surface area contributed by atoms with Gasteiger partial charge in [-0.15, -0.1) is 0 Å². The monoisotopic (exact) mass is 392 g/mol. The number of carbonyl (C=O) groups is 1. The van der Waals surface area contributed by atoms with E-state index in [1.165, 1.54) is 4.68 Å². The highest BCUT2D eigenvalue weighted by atomic mass is 35.5. The molecule has 0 saturated heterocycles. The van der Waals surface area contributed by atoms with Crippen LogP contribution in [-0.4, -0.2) is 20.3 Å². The summed E-state index contributed by atoms with van der Waals surface area (Å²) in [5.41, 5.74) is 1.79. The maximum absolute atomic E-state index is 12.9. The van der Waals surface area contributed by atoms with Gasteiger partial charge < -0.3 is 9.88 Å². The Labute approximate surface area is 160 Å². The van der Waals surface area contributed by atoms with Crippen molar-refractivity contribution in [1.82, 2.24) is 19.7 Å². The second-order valence-corrected chi connectivity index (χ2v) is 6.59. The Bertz CT molecular complexity index is 920. The van der Waals surface area contributed by atoms with Crippen LogP contribution in [0.15, 0.2) is 48.8 Å². The SMILES string of the molecule is Cc1c(Cl)c(C(F)F)nn1CC(=O)NC(C)c1ccc(-n2cccc2)cc1. The molecule has 5 nitrogen and oxygen atoms in total. The minimum atomic E-state index is -2.78. The van der Waals surface area contributed by atoms with Crippen LogP contribution in [0.1, 0.15) is 36.3 Å². The lowest BCUT2D eigenvalue weighted by molar-refractivity contribution is -0.122. The standard InChI is InChI=1S/C19H19ClF2N4O/c1-12(14-5-7-15(8-6-14)25-9-3-4-10-25)23-16(27)11-26-13(2)17(20)18(24-26)19(21)22/h3-10,12,19H,11H2,1-2H3,(H,23,27). The molecule has 2 heterocycles. The number of hydrogen-bond donors (Lipinski definition) is 1. The zero-order valence-corrected chi connectivity index (χ0v) is 15.6. The summed E-state index contributed by atoms with van der Waals surface area (Å²) in [6.45, 7) is 3.23. The first-order valence-electron chi connectivity index (χ1n) is 8.40. The Kier molecular flexibility index (Phi) is 5.60. The van der Waals surface area contributed by atoms with Gasteiger partial charge in [0.2, 0.25) is 5.91 Å².